The van der Waals surface area contributed by atoms with Gasteiger partial charge in [0.2, 0.25) is 0 Å². The summed E-state index contributed by atoms with van der Waals surface area (Å²) in [5.74, 6) is 0.0345. The molecule has 2 rings (SSSR count). The highest BCUT2D eigenvalue weighted by atomic mass is 16.5. The van der Waals surface area contributed by atoms with Crippen LogP contribution in [0.4, 0.5) is 5.69 Å². The largest absolute Gasteiger partial charge is 0.409 e. The number of aliphatic hydroxyl groups is 1. The quantitative estimate of drug-likeness (QED) is 0.315. The number of rotatable bonds is 3. The number of oxime groups is 1. The normalized spacial score (nSPS) is 22.9. The van der Waals surface area contributed by atoms with Crippen LogP contribution in [0.1, 0.15) is 19.4 Å². The Morgan fingerprint density at radius 1 is 1.65 bits per heavy atom. The molecule has 0 radical (unpaired) electrons. The van der Waals surface area contributed by atoms with Crippen LogP contribution in [0.2, 0.25) is 0 Å². The Hall–Kier alpha value is -1.86. The van der Waals surface area contributed by atoms with E-state index in [1.54, 1.807) is 18.5 Å². The third kappa shape index (κ3) is 3.00. The molecule has 7 heteroatoms. The summed E-state index contributed by atoms with van der Waals surface area (Å²) in [5.41, 5.74) is 6.67. The number of aromatic nitrogens is 1. The molecule has 1 aliphatic rings. The van der Waals surface area contributed by atoms with Gasteiger partial charge in [-0.25, -0.2) is 0 Å². The van der Waals surface area contributed by atoms with Gasteiger partial charge in [0.25, 0.3) is 0 Å². The van der Waals surface area contributed by atoms with E-state index in [9.17, 15) is 5.11 Å². The molecule has 1 aromatic heterocycles. The molecule has 2 heterocycles. The zero-order chi connectivity index (χ0) is 14.8. The van der Waals surface area contributed by atoms with Gasteiger partial charge in [0.15, 0.2) is 5.84 Å². The summed E-state index contributed by atoms with van der Waals surface area (Å²) in [6.45, 7) is 5.01. The van der Waals surface area contributed by atoms with Crippen molar-refractivity contribution in [2.45, 2.75) is 25.6 Å². The van der Waals surface area contributed by atoms with Crippen LogP contribution in [-0.4, -0.2) is 52.5 Å². The summed E-state index contributed by atoms with van der Waals surface area (Å²) in [5, 5.41) is 21.3. The molecule has 110 valence electrons. The molecule has 0 amide bonds. The summed E-state index contributed by atoms with van der Waals surface area (Å²) in [6.07, 6.45) is 2.98. The zero-order valence-corrected chi connectivity index (χ0v) is 11.7. The van der Waals surface area contributed by atoms with Crippen molar-refractivity contribution in [3.05, 3.63) is 24.0 Å². The summed E-state index contributed by atoms with van der Waals surface area (Å²) < 4.78 is 5.78. The maximum absolute atomic E-state index is 9.36. The van der Waals surface area contributed by atoms with Crippen molar-refractivity contribution >= 4 is 11.5 Å². The monoisotopic (exact) mass is 280 g/mol. The van der Waals surface area contributed by atoms with E-state index in [2.05, 4.69) is 10.1 Å². The molecule has 1 fully saturated rings. The number of amidine groups is 1. The lowest BCUT2D eigenvalue weighted by Gasteiger charge is -2.43. The first kappa shape index (κ1) is 14.5. The lowest BCUT2D eigenvalue weighted by Crippen LogP contribution is -2.54. The third-order valence-electron chi connectivity index (χ3n) is 3.21. The summed E-state index contributed by atoms with van der Waals surface area (Å²) in [4.78, 5) is 6.13. The molecule has 1 unspecified atom stereocenters. The number of hydrogen-bond acceptors (Lipinski definition) is 6. The van der Waals surface area contributed by atoms with Crippen LogP contribution in [0, 0.1) is 0 Å². The number of hydrogen-bond donors (Lipinski definition) is 3. The molecule has 4 N–H and O–H groups in total. The highest BCUT2D eigenvalue weighted by Gasteiger charge is 2.34. The topological polar surface area (TPSA) is 104 Å². The van der Waals surface area contributed by atoms with Crippen LogP contribution in [-0.2, 0) is 4.74 Å². The van der Waals surface area contributed by atoms with Crippen LogP contribution in [0.3, 0.4) is 0 Å². The predicted octanol–water partition coefficient (Wildman–Crippen LogP) is 0.152. The van der Waals surface area contributed by atoms with Gasteiger partial charge in [0.1, 0.15) is 0 Å². The van der Waals surface area contributed by atoms with E-state index in [-0.39, 0.29) is 18.5 Å². The summed E-state index contributed by atoms with van der Waals surface area (Å²) in [6, 6.07) is 1.70. The van der Waals surface area contributed by atoms with E-state index in [1.807, 2.05) is 18.7 Å². The number of pyridine rings is 1. The first-order valence-electron chi connectivity index (χ1n) is 6.42. The predicted molar refractivity (Wildman–Crippen MR) is 75.0 cm³/mol. The lowest BCUT2D eigenvalue weighted by atomic mass is 10.0. The van der Waals surface area contributed by atoms with Crippen LogP contribution < -0.4 is 10.6 Å². The zero-order valence-electron chi connectivity index (χ0n) is 11.7. The summed E-state index contributed by atoms with van der Waals surface area (Å²) in [7, 11) is 0. The highest BCUT2D eigenvalue weighted by molar-refractivity contribution is 6.02. The molecule has 0 bridgehead atoms. The standard InChI is InChI=1S/C13H20N4O3/c1-13(2)8-17(6-9(7-18)20-13)11-5-15-4-3-10(11)12(14)16-19/h3-5,9,18-19H,6-8H2,1-2H3,(H2,14,16). The Labute approximate surface area is 117 Å². The summed E-state index contributed by atoms with van der Waals surface area (Å²) >= 11 is 0. The average molecular weight is 280 g/mol. The molecule has 0 spiro atoms. The van der Waals surface area contributed by atoms with Crippen molar-refractivity contribution in [3.8, 4) is 0 Å². The maximum Gasteiger partial charge on any atom is 0.172 e. The first-order chi connectivity index (χ1) is 9.46. The average Bonchev–Trinajstić information content (AvgIpc) is 2.44. The number of nitrogens with zero attached hydrogens (tertiary/aromatic N) is 3. The Morgan fingerprint density at radius 2 is 2.40 bits per heavy atom. The Kier molecular flexibility index (Phi) is 4.10. The number of aliphatic hydroxyl groups excluding tert-OH is 1. The van der Waals surface area contributed by atoms with Crippen molar-refractivity contribution < 1.29 is 15.1 Å². The molecular formula is C13H20N4O3. The van der Waals surface area contributed by atoms with Crippen LogP contribution in [0.25, 0.3) is 0 Å². The second-order valence-corrected chi connectivity index (χ2v) is 5.44. The van der Waals surface area contributed by atoms with E-state index in [0.717, 1.165) is 5.69 Å². The van der Waals surface area contributed by atoms with Gasteiger partial charge in [-0.05, 0) is 19.9 Å². The molecular weight excluding hydrogens is 260 g/mol. The second kappa shape index (κ2) is 5.64. The third-order valence-corrected chi connectivity index (χ3v) is 3.21. The first-order valence-corrected chi connectivity index (χ1v) is 6.42. The number of nitrogens with two attached hydrogens (primary N) is 1. The van der Waals surface area contributed by atoms with Crippen LogP contribution in [0.15, 0.2) is 23.6 Å². The number of morpholine rings is 1. The van der Waals surface area contributed by atoms with Crippen molar-refractivity contribution in [2.75, 3.05) is 24.6 Å². The van der Waals surface area contributed by atoms with Gasteiger partial charge in [-0.15, -0.1) is 0 Å². The molecule has 20 heavy (non-hydrogen) atoms. The molecule has 7 nitrogen and oxygen atoms in total. The van der Waals surface area contributed by atoms with Crippen LogP contribution >= 0.6 is 0 Å². The molecule has 1 aliphatic heterocycles. The van der Waals surface area contributed by atoms with Gasteiger partial charge in [-0.3, -0.25) is 4.98 Å². The maximum atomic E-state index is 9.36. The van der Waals surface area contributed by atoms with Crippen molar-refractivity contribution in [1.29, 1.82) is 0 Å². The molecule has 1 aromatic rings. The lowest BCUT2D eigenvalue weighted by molar-refractivity contribution is -0.101. The van der Waals surface area contributed by atoms with Crippen molar-refractivity contribution in [1.82, 2.24) is 4.98 Å². The molecule has 0 aliphatic carbocycles. The van der Waals surface area contributed by atoms with Gasteiger partial charge in [-0.1, -0.05) is 5.16 Å². The van der Waals surface area contributed by atoms with Gasteiger partial charge in [0, 0.05) is 24.8 Å². The van der Waals surface area contributed by atoms with Gasteiger partial charge in [0.05, 0.1) is 30.2 Å². The smallest absolute Gasteiger partial charge is 0.172 e. The van der Waals surface area contributed by atoms with Crippen molar-refractivity contribution in [3.63, 3.8) is 0 Å². The molecule has 0 aromatic carbocycles. The van der Waals surface area contributed by atoms with Gasteiger partial charge in [-0.2, -0.15) is 0 Å². The SMILES string of the molecule is CC1(C)CN(c2cnccc2/C(N)=N/O)CC(CO)O1. The van der Waals surface area contributed by atoms with Crippen molar-refractivity contribution in [2.24, 2.45) is 10.9 Å². The fourth-order valence-corrected chi connectivity index (χ4v) is 2.48. The van der Waals surface area contributed by atoms with Crippen LogP contribution in [0.5, 0.6) is 0 Å². The minimum absolute atomic E-state index is 0.0345. The molecule has 1 saturated heterocycles. The van der Waals surface area contributed by atoms with E-state index in [4.69, 9.17) is 15.7 Å². The number of anilines is 1. The highest BCUT2D eigenvalue weighted by Crippen LogP contribution is 2.27. The fraction of sp³-hybridized carbons (Fsp3) is 0.538. The number of ether oxygens (including phenoxy) is 1. The molecule has 0 saturated carbocycles. The van der Waals surface area contributed by atoms with E-state index in [1.165, 1.54) is 0 Å². The minimum atomic E-state index is -0.399. The minimum Gasteiger partial charge on any atom is -0.409 e. The van der Waals surface area contributed by atoms with E-state index < -0.39 is 5.60 Å². The van der Waals surface area contributed by atoms with Gasteiger partial charge < -0.3 is 25.7 Å². The Morgan fingerprint density at radius 3 is 3.05 bits per heavy atom. The Bertz CT molecular complexity index is 504. The fourth-order valence-electron chi connectivity index (χ4n) is 2.48. The molecule has 1 atom stereocenters. The Balaban J connectivity index is 2.35. The van der Waals surface area contributed by atoms with Gasteiger partial charge >= 0.3 is 0 Å². The second-order valence-electron chi connectivity index (χ2n) is 5.44. The van der Waals surface area contributed by atoms with E-state index in [0.29, 0.717) is 18.7 Å². The van der Waals surface area contributed by atoms with E-state index >= 15 is 0 Å².